The van der Waals surface area contributed by atoms with Gasteiger partial charge in [0.1, 0.15) is 0 Å². The second-order valence-electron chi connectivity index (χ2n) is 7.31. The fourth-order valence-electron chi connectivity index (χ4n) is 4.17. The molecule has 140 valence electrons. The summed E-state index contributed by atoms with van der Waals surface area (Å²) in [7, 11) is 0. The van der Waals surface area contributed by atoms with Crippen molar-refractivity contribution in [3.05, 3.63) is 108 Å². The quantitative estimate of drug-likeness (QED) is 0.333. The van der Waals surface area contributed by atoms with Crippen LogP contribution in [0.2, 0.25) is 0 Å². The molecule has 0 saturated heterocycles. The predicted octanol–water partition coefficient (Wildman–Crippen LogP) is 6.32. The summed E-state index contributed by atoms with van der Waals surface area (Å²) in [5.41, 5.74) is 9.68. The van der Waals surface area contributed by atoms with Gasteiger partial charge in [-0.25, -0.2) is 0 Å². The average molecular weight is 358 g/mol. The van der Waals surface area contributed by atoms with E-state index in [1.165, 1.54) is 42.4 Å². The summed E-state index contributed by atoms with van der Waals surface area (Å²) in [6, 6.07) is 33.0. The van der Waals surface area contributed by atoms with E-state index in [1.807, 2.05) is 0 Å². The van der Waals surface area contributed by atoms with Crippen molar-refractivity contribution in [2.45, 2.75) is 43.9 Å². The Balaban J connectivity index is 1.98. The van der Waals surface area contributed by atoms with E-state index >= 15 is 0 Å². The van der Waals surface area contributed by atoms with E-state index in [-0.39, 0.29) is 5.41 Å². The molecule has 0 aliphatic carbocycles. The maximum atomic E-state index is 5.64. The molecule has 27 heavy (non-hydrogen) atoms. The van der Waals surface area contributed by atoms with Gasteiger partial charge in [-0.1, -0.05) is 117 Å². The van der Waals surface area contributed by atoms with Crippen LogP contribution in [0.5, 0.6) is 0 Å². The van der Waals surface area contributed by atoms with Crippen LogP contribution in [0.15, 0.2) is 91.0 Å². The minimum absolute atomic E-state index is 0.0996. The molecule has 0 aromatic heterocycles. The molecule has 0 radical (unpaired) electrons. The van der Waals surface area contributed by atoms with E-state index in [0.29, 0.717) is 0 Å². The van der Waals surface area contributed by atoms with E-state index in [0.717, 1.165) is 19.4 Å². The van der Waals surface area contributed by atoms with Gasteiger partial charge in [-0.15, -0.1) is 0 Å². The first kappa shape index (κ1) is 19.4. The first-order valence-corrected chi connectivity index (χ1v) is 10.2. The molecule has 0 spiro atoms. The van der Waals surface area contributed by atoms with Gasteiger partial charge in [-0.2, -0.15) is 0 Å². The lowest BCUT2D eigenvalue weighted by Crippen LogP contribution is -2.29. The third-order valence-electron chi connectivity index (χ3n) is 5.56. The molecule has 0 unspecified atom stereocenters. The van der Waals surface area contributed by atoms with Crippen LogP contribution in [0.1, 0.15) is 55.2 Å². The van der Waals surface area contributed by atoms with Crippen molar-refractivity contribution in [2.75, 3.05) is 6.54 Å². The van der Waals surface area contributed by atoms with Gasteiger partial charge >= 0.3 is 0 Å². The molecule has 0 aliphatic rings. The topological polar surface area (TPSA) is 26.0 Å². The molecule has 0 amide bonds. The van der Waals surface area contributed by atoms with Crippen molar-refractivity contribution in [3.8, 4) is 0 Å². The summed E-state index contributed by atoms with van der Waals surface area (Å²) >= 11 is 0. The number of nitrogens with two attached hydrogens (primary N) is 1. The molecule has 0 fully saturated rings. The molecule has 3 aromatic carbocycles. The number of unbranched alkanes of at least 4 members (excludes halogenated alkanes) is 4. The standard InChI is InChI=1S/C26H31N/c27-22-14-3-1-2-13-21-26(23-15-7-4-8-16-23,24-17-9-5-10-18-24)25-19-11-6-12-20-25/h4-12,15-20H,1-3,13-14,21-22,27H2. The van der Waals surface area contributed by atoms with Gasteiger partial charge in [-0.3, -0.25) is 0 Å². The lowest BCUT2D eigenvalue weighted by Gasteiger charge is -2.36. The van der Waals surface area contributed by atoms with Crippen molar-refractivity contribution < 1.29 is 0 Å². The summed E-state index contributed by atoms with van der Waals surface area (Å²) in [6.45, 7) is 0.808. The SMILES string of the molecule is NCCCCCCCC(c1ccccc1)(c1ccccc1)c1ccccc1. The van der Waals surface area contributed by atoms with Crippen LogP contribution in [0.4, 0.5) is 0 Å². The van der Waals surface area contributed by atoms with E-state index in [9.17, 15) is 0 Å². The number of hydrogen-bond acceptors (Lipinski definition) is 1. The normalized spacial score (nSPS) is 11.4. The van der Waals surface area contributed by atoms with Crippen molar-refractivity contribution in [1.82, 2.24) is 0 Å². The van der Waals surface area contributed by atoms with Gasteiger partial charge in [0.2, 0.25) is 0 Å². The molecular weight excluding hydrogens is 326 g/mol. The molecule has 0 atom stereocenters. The Morgan fingerprint density at radius 2 is 0.852 bits per heavy atom. The van der Waals surface area contributed by atoms with E-state index in [1.54, 1.807) is 0 Å². The van der Waals surface area contributed by atoms with Gasteiger partial charge in [0.05, 0.1) is 0 Å². The van der Waals surface area contributed by atoms with Crippen molar-refractivity contribution in [3.63, 3.8) is 0 Å². The van der Waals surface area contributed by atoms with Gasteiger partial charge in [0, 0.05) is 5.41 Å². The number of hydrogen-bond donors (Lipinski definition) is 1. The van der Waals surface area contributed by atoms with E-state index in [2.05, 4.69) is 91.0 Å². The van der Waals surface area contributed by atoms with Crippen molar-refractivity contribution in [2.24, 2.45) is 5.73 Å². The van der Waals surface area contributed by atoms with E-state index in [4.69, 9.17) is 5.73 Å². The lowest BCUT2D eigenvalue weighted by molar-refractivity contribution is 0.500. The van der Waals surface area contributed by atoms with Crippen LogP contribution < -0.4 is 5.73 Å². The Hall–Kier alpha value is -2.38. The minimum atomic E-state index is -0.0996. The van der Waals surface area contributed by atoms with Crippen LogP contribution >= 0.6 is 0 Å². The zero-order chi connectivity index (χ0) is 18.8. The molecular formula is C26H31N. The first-order chi connectivity index (χ1) is 13.4. The fourth-order valence-corrected chi connectivity index (χ4v) is 4.17. The highest BCUT2D eigenvalue weighted by Crippen LogP contribution is 2.43. The molecule has 0 aliphatic heterocycles. The van der Waals surface area contributed by atoms with E-state index < -0.39 is 0 Å². The van der Waals surface area contributed by atoms with Crippen LogP contribution in [-0.4, -0.2) is 6.54 Å². The van der Waals surface area contributed by atoms with Gasteiger partial charge in [0.25, 0.3) is 0 Å². The van der Waals surface area contributed by atoms with Crippen LogP contribution in [0.3, 0.4) is 0 Å². The highest BCUT2D eigenvalue weighted by atomic mass is 14.5. The monoisotopic (exact) mass is 357 g/mol. The van der Waals surface area contributed by atoms with Crippen LogP contribution in [0, 0.1) is 0 Å². The zero-order valence-corrected chi connectivity index (χ0v) is 16.2. The van der Waals surface area contributed by atoms with Crippen molar-refractivity contribution >= 4 is 0 Å². The van der Waals surface area contributed by atoms with Crippen molar-refractivity contribution in [1.29, 1.82) is 0 Å². The molecule has 2 N–H and O–H groups in total. The second kappa shape index (κ2) is 10.1. The molecule has 1 heteroatoms. The fraction of sp³-hybridized carbons (Fsp3) is 0.308. The largest absolute Gasteiger partial charge is 0.330 e. The Morgan fingerprint density at radius 1 is 0.481 bits per heavy atom. The molecule has 3 rings (SSSR count). The lowest BCUT2D eigenvalue weighted by atomic mass is 9.66. The van der Waals surface area contributed by atoms with Crippen LogP contribution in [0.25, 0.3) is 0 Å². The maximum Gasteiger partial charge on any atom is 0.0451 e. The molecule has 1 nitrogen and oxygen atoms in total. The number of benzene rings is 3. The van der Waals surface area contributed by atoms with Gasteiger partial charge in [-0.05, 0) is 36.1 Å². The Bertz CT molecular complexity index is 668. The summed E-state index contributed by atoms with van der Waals surface area (Å²) in [5.74, 6) is 0. The third kappa shape index (κ3) is 4.67. The summed E-state index contributed by atoms with van der Waals surface area (Å²) in [5, 5.41) is 0. The Kier molecular flexibility index (Phi) is 7.24. The highest BCUT2D eigenvalue weighted by Gasteiger charge is 2.35. The summed E-state index contributed by atoms with van der Waals surface area (Å²) in [6.07, 6.45) is 7.24. The summed E-state index contributed by atoms with van der Waals surface area (Å²) in [4.78, 5) is 0. The summed E-state index contributed by atoms with van der Waals surface area (Å²) < 4.78 is 0. The Labute approximate surface area is 164 Å². The molecule has 0 saturated carbocycles. The number of rotatable bonds is 10. The third-order valence-corrected chi connectivity index (χ3v) is 5.56. The zero-order valence-electron chi connectivity index (χ0n) is 16.2. The average Bonchev–Trinajstić information content (AvgIpc) is 2.75. The first-order valence-electron chi connectivity index (χ1n) is 10.2. The maximum absolute atomic E-state index is 5.64. The molecule has 0 heterocycles. The van der Waals surface area contributed by atoms with Gasteiger partial charge < -0.3 is 5.73 Å². The molecule has 3 aromatic rings. The van der Waals surface area contributed by atoms with Crippen LogP contribution in [-0.2, 0) is 5.41 Å². The highest BCUT2D eigenvalue weighted by molar-refractivity contribution is 5.50. The predicted molar refractivity (Wildman–Crippen MR) is 116 cm³/mol. The molecule has 0 bridgehead atoms. The van der Waals surface area contributed by atoms with Gasteiger partial charge in [0.15, 0.2) is 0 Å². The second-order valence-corrected chi connectivity index (χ2v) is 7.31. The minimum Gasteiger partial charge on any atom is -0.330 e. The Morgan fingerprint density at radius 3 is 1.26 bits per heavy atom. The smallest absolute Gasteiger partial charge is 0.0451 e.